The minimum atomic E-state index is -0.451. The maximum Gasteiger partial charge on any atom is 0.246 e. The molecule has 1 aliphatic heterocycles. The number of fused-ring (bicyclic) bond motifs is 1. The average molecular weight is 312 g/mol. The van der Waals surface area contributed by atoms with E-state index in [9.17, 15) is 9.90 Å². The quantitative estimate of drug-likeness (QED) is 0.753. The Labute approximate surface area is 130 Å². The lowest BCUT2D eigenvalue weighted by atomic mass is 10.1. The van der Waals surface area contributed by atoms with Gasteiger partial charge in [0.2, 0.25) is 5.91 Å². The molecular formula is C15H22ClN3O2. The summed E-state index contributed by atoms with van der Waals surface area (Å²) in [5, 5.41) is 16.2. The van der Waals surface area contributed by atoms with Gasteiger partial charge in [-0.2, -0.15) is 0 Å². The van der Waals surface area contributed by atoms with Crippen molar-refractivity contribution in [3.8, 4) is 0 Å². The molecule has 0 saturated carbocycles. The molecule has 1 amide bonds. The molecule has 2 unspecified atom stereocenters. The second-order valence-electron chi connectivity index (χ2n) is 5.50. The lowest BCUT2D eigenvalue weighted by Gasteiger charge is -2.23. The summed E-state index contributed by atoms with van der Waals surface area (Å²) < 4.78 is 0. The van der Waals surface area contributed by atoms with Crippen LogP contribution in [0.4, 0.5) is 11.4 Å². The van der Waals surface area contributed by atoms with Crippen LogP contribution >= 0.6 is 11.6 Å². The molecule has 0 saturated heterocycles. The third kappa shape index (κ3) is 3.48. The van der Waals surface area contributed by atoms with Crippen LogP contribution in [0, 0.1) is 0 Å². The molecule has 0 radical (unpaired) electrons. The van der Waals surface area contributed by atoms with Gasteiger partial charge in [0.1, 0.15) is 6.04 Å². The topological polar surface area (TPSA) is 64.6 Å². The number of carbonyl (C=O) groups is 1. The molecule has 5 nitrogen and oxygen atoms in total. The summed E-state index contributed by atoms with van der Waals surface area (Å²) in [6, 6.07) is 3.36. The van der Waals surface area contributed by atoms with Crippen LogP contribution < -0.4 is 15.5 Å². The van der Waals surface area contributed by atoms with Gasteiger partial charge in [-0.05, 0) is 32.0 Å². The number of amides is 1. The van der Waals surface area contributed by atoms with Gasteiger partial charge in [0.05, 0.1) is 16.8 Å². The summed E-state index contributed by atoms with van der Waals surface area (Å²) in [4.78, 5) is 13.9. The second kappa shape index (κ2) is 6.64. The van der Waals surface area contributed by atoms with Crippen LogP contribution in [0.5, 0.6) is 0 Å². The van der Waals surface area contributed by atoms with Crippen LogP contribution in [-0.4, -0.2) is 37.3 Å². The smallest absolute Gasteiger partial charge is 0.246 e. The maximum atomic E-state index is 12.0. The molecule has 1 aliphatic rings. The number of likely N-dealkylation sites (N-methyl/N-ethyl adjacent to an activating group) is 1. The van der Waals surface area contributed by atoms with E-state index in [4.69, 9.17) is 11.6 Å². The molecule has 2 atom stereocenters. The Bertz CT molecular complexity index is 534. The molecule has 2 rings (SSSR count). The third-order valence-corrected chi connectivity index (χ3v) is 3.80. The molecule has 116 valence electrons. The molecule has 0 aliphatic carbocycles. The fourth-order valence-electron chi connectivity index (χ4n) is 2.55. The zero-order valence-electron chi connectivity index (χ0n) is 12.6. The molecule has 1 aromatic carbocycles. The van der Waals surface area contributed by atoms with Crippen LogP contribution in [0.15, 0.2) is 12.1 Å². The van der Waals surface area contributed by atoms with E-state index >= 15 is 0 Å². The number of benzene rings is 1. The molecule has 1 heterocycles. The predicted octanol–water partition coefficient (Wildman–Crippen LogP) is 2.15. The van der Waals surface area contributed by atoms with Crippen LogP contribution in [0.25, 0.3) is 0 Å². The van der Waals surface area contributed by atoms with E-state index in [1.807, 2.05) is 24.1 Å². The zero-order chi connectivity index (χ0) is 15.6. The number of halogens is 1. The first-order chi connectivity index (χ1) is 9.93. The largest absolute Gasteiger partial charge is 0.392 e. The number of aliphatic hydroxyl groups is 1. The van der Waals surface area contributed by atoms with Crippen molar-refractivity contribution in [1.82, 2.24) is 5.32 Å². The van der Waals surface area contributed by atoms with Gasteiger partial charge >= 0.3 is 0 Å². The fourth-order valence-corrected chi connectivity index (χ4v) is 2.87. The first-order valence-corrected chi connectivity index (χ1v) is 7.58. The number of nitrogens with one attached hydrogen (secondary N) is 2. The lowest BCUT2D eigenvalue weighted by Crippen LogP contribution is -2.28. The van der Waals surface area contributed by atoms with Crippen molar-refractivity contribution in [1.29, 1.82) is 0 Å². The first kappa shape index (κ1) is 16.1. The van der Waals surface area contributed by atoms with E-state index in [-0.39, 0.29) is 11.9 Å². The van der Waals surface area contributed by atoms with Crippen molar-refractivity contribution in [3.63, 3.8) is 0 Å². The van der Waals surface area contributed by atoms with Crippen molar-refractivity contribution in [2.45, 2.75) is 32.4 Å². The molecule has 6 heteroatoms. The summed E-state index contributed by atoms with van der Waals surface area (Å²) in [7, 11) is 1.86. The Balaban J connectivity index is 2.28. The minimum Gasteiger partial charge on any atom is -0.392 e. The van der Waals surface area contributed by atoms with Gasteiger partial charge in [-0.15, -0.1) is 0 Å². The Hall–Kier alpha value is -1.30. The van der Waals surface area contributed by atoms with Crippen molar-refractivity contribution in [3.05, 3.63) is 22.7 Å². The van der Waals surface area contributed by atoms with Gasteiger partial charge in [0.25, 0.3) is 0 Å². The van der Waals surface area contributed by atoms with Crippen LogP contribution in [-0.2, 0) is 4.79 Å². The SMILES string of the molecule is CCCNC1C(=O)Nc2cc(N(C)CC(C)O)c(Cl)cc21. The van der Waals surface area contributed by atoms with Crippen LogP contribution in [0.2, 0.25) is 5.02 Å². The number of anilines is 2. The van der Waals surface area contributed by atoms with Gasteiger partial charge < -0.3 is 20.6 Å². The zero-order valence-corrected chi connectivity index (χ0v) is 13.4. The average Bonchev–Trinajstić information content (AvgIpc) is 2.69. The molecule has 0 bridgehead atoms. The van der Waals surface area contributed by atoms with Crippen molar-refractivity contribution in [2.75, 3.05) is 30.4 Å². The molecular weight excluding hydrogens is 290 g/mol. The van der Waals surface area contributed by atoms with E-state index in [0.29, 0.717) is 11.6 Å². The number of hydrogen-bond acceptors (Lipinski definition) is 4. The third-order valence-electron chi connectivity index (χ3n) is 3.50. The number of carbonyl (C=O) groups excluding carboxylic acids is 1. The van der Waals surface area contributed by atoms with E-state index in [1.165, 1.54) is 0 Å². The van der Waals surface area contributed by atoms with Gasteiger partial charge in [-0.25, -0.2) is 0 Å². The highest BCUT2D eigenvalue weighted by Gasteiger charge is 2.31. The van der Waals surface area contributed by atoms with Gasteiger partial charge in [-0.1, -0.05) is 18.5 Å². The van der Waals surface area contributed by atoms with Crippen molar-refractivity contribution in [2.24, 2.45) is 0 Å². The molecule has 0 fully saturated rings. The molecule has 0 spiro atoms. The van der Waals surface area contributed by atoms with Crippen LogP contribution in [0.3, 0.4) is 0 Å². The summed E-state index contributed by atoms with van der Waals surface area (Å²) in [6.45, 7) is 5.04. The van der Waals surface area contributed by atoms with Gasteiger partial charge in [0.15, 0.2) is 0 Å². The summed E-state index contributed by atoms with van der Waals surface area (Å²) in [5.74, 6) is -0.0511. The number of rotatable bonds is 6. The minimum absolute atomic E-state index is 0.0511. The lowest BCUT2D eigenvalue weighted by molar-refractivity contribution is -0.117. The molecule has 21 heavy (non-hydrogen) atoms. The monoisotopic (exact) mass is 311 g/mol. The van der Waals surface area contributed by atoms with E-state index in [1.54, 1.807) is 6.92 Å². The second-order valence-corrected chi connectivity index (χ2v) is 5.90. The molecule has 0 aromatic heterocycles. The first-order valence-electron chi connectivity index (χ1n) is 7.21. The Morgan fingerprint density at radius 3 is 2.86 bits per heavy atom. The Morgan fingerprint density at radius 1 is 1.52 bits per heavy atom. The Kier molecular flexibility index (Phi) is 5.08. The van der Waals surface area contributed by atoms with E-state index in [0.717, 1.165) is 29.9 Å². The molecule has 3 N–H and O–H groups in total. The Morgan fingerprint density at radius 2 is 2.24 bits per heavy atom. The summed E-state index contributed by atoms with van der Waals surface area (Å²) in [6.07, 6.45) is 0.509. The maximum absolute atomic E-state index is 12.0. The summed E-state index contributed by atoms with van der Waals surface area (Å²) in [5.41, 5.74) is 2.46. The highest BCUT2D eigenvalue weighted by atomic mass is 35.5. The number of aliphatic hydroxyl groups excluding tert-OH is 1. The molecule has 1 aromatic rings. The van der Waals surface area contributed by atoms with Crippen molar-refractivity contribution >= 4 is 28.9 Å². The van der Waals surface area contributed by atoms with Crippen LogP contribution in [0.1, 0.15) is 31.9 Å². The number of hydrogen-bond donors (Lipinski definition) is 3. The predicted molar refractivity (Wildman–Crippen MR) is 86.1 cm³/mol. The highest BCUT2D eigenvalue weighted by molar-refractivity contribution is 6.33. The standard InChI is InChI=1S/C15H22ClN3O2/c1-4-5-17-14-10-6-11(16)13(19(3)8-9(2)20)7-12(10)18-15(14)21/h6-7,9,14,17,20H,4-5,8H2,1-3H3,(H,18,21). The fraction of sp³-hybridized carbons (Fsp3) is 0.533. The highest BCUT2D eigenvalue weighted by Crippen LogP contribution is 2.38. The van der Waals surface area contributed by atoms with Gasteiger partial charge in [0, 0.05) is 24.8 Å². The number of nitrogens with zero attached hydrogens (tertiary/aromatic N) is 1. The van der Waals surface area contributed by atoms with Crippen molar-refractivity contribution < 1.29 is 9.90 Å². The normalized spacial score (nSPS) is 18.3. The summed E-state index contributed by atoms with van der Waals surface area (Å²) >= 11 is 6.34. The van der Waals surface area contributed by atoms with E-state index in [2.05, 4.69) is 17.6 Å². The van der Waals surface area contributed by atoms with Gasteiger partial charge in [-0.3, -0.25) is 4.79 Å². The van der Waals surface area contributed by atoms with E-state index < -0.39 is 6.10 Å².